The minimum Gasteiger partial charge on any atom is -0.352 e. The third-order valence-electron chi connectivity index (χ3n) is 3.40. The smallest absolute Gasteiger partial charge is 0.251 e. The highest BCUT2D eigenvalue weighted by atomic mass is 35.5. The van der Waals surface area contributed by atoms with Crippen molar-refractivity contribution in [3.8, 4) is 0 Å². The van der Waals surface area contributed by atoms with Gasteiger partial charge in [0.2, 0.25) is 5.91 Å². The molecule has 2 aromatic carbocycles. The minimum absolute atomic E-state index is 0.131. The second kappa shape index (κ2) is 7.79. The van der Waals surface area contributed by atoms with Crippen LogP contribution in [0.3, 0.4) is 0 Å². The van der Waals surface area contributed by atoms with Crippen LogP contribution in [0.4, 0.5) is 5.69 Å². The Bertz CT molecular complexity index is 711. The average molecular weight is 331 g/mol. The highest BCUT2D eigenvalue weighted by molar-refractivity contribution is 6.30. The fourth-order valence-corrected chi connectivity index (χ4v) is 2.29. The zero-order valence-corrected chi connectivity index (χ0v) is 13.9. The van der Waals surface area contributed by atoms with Gasteiger partial charge in [-0.25, -0.2) is 0 Å². The molecule has 0 unspecified atom stereocenters. The van der Waals surface area contributed by atoms with Gasteiger partial charge in [0.05, 0.1) is 0 Å². The molecule has 0 saturated carbocycles. The van der Waals surface area contributed by atoms with Crippen LogP contribution in [-0.2, 0) is 4.79 Å². The number of amides is 2. The number of carbonyl (C=O) groups excluding carboxylic acids is 2. The van der Waals surface area contributed by atoms with Crippen molar-refractivity contribution in [2.24, 2.45) is 0 Å². The van der Waals surface area contributed by atoms with Crippen molar-refractivity contribution in [3.63, 3.8) is 0 Å². The van der Waals surface area contributed by atoms with Crippen molar-refractivity contribution in [2.45, 2.75) is 20.3 Å². The molecular weight excluding hydrogens is 312 g/mol. The van der Waals surface area contributed by atoms with Crippen LogP contribution >= 0.6 is 11.6 Å². The molecule has 120 valence electrons. The van der Waals surface area contributed by atoms with E-state index < -0.39 is 0 Å². The Morgan fingerprint density at radius 1 is 1.04 bits per heavy atom. The van der Waals surface area contributed by atoms with Gasteiger partial charge in [0, 0.05) is 29.2 Å². The number of carbonyl (C=O) groups is 2. The summed E-state index contributed by atoms with van der Waals surface area (Å²) in [6.45, 7) is 4.23. The maximum Gasteiger partial charge on any atom is 0.251 e. The van der Waals surface area contributed by atoms with Crippen molar-refractivity contribution in [2.75, 3.05) is 11.9 Å². The minimum atomic E-state index is -0.221. The molecule has 0 saturated heterocycles. The Morgan fingerprint density at radius 2 is 1.74 bits per heavy atom. The van der Waals surface area contributed by atoms with Crippen LogP contribution < -0.4 is 10.6 Å². The largest absolute Gasteiger partial charge is 0.352 e. The molecule has 0 aromatic heterocycles. The number of benzene rings is 2. The summed E-state index contributed by atoms with van der Waals surface area (Å²) in [5.74, 6) is -0.352. The number of hydrogen-bond donors (Lipinski definition) is 2. The molecule has 0 radical (unpaired) electrons. The van der Waals surface area contributed by atoms with Crippen molar-refractivity contribution >= 4 is 29.1 Å². The Balaban J connectivity index is 1.80. The maximum atomic E-state index is 11.9. The first-order chi connectivity index (χ1) is 11.0. The van der Waals surface area contributed by atoms with Gasteiger partial charge in [0.15, 0.2) is 0 Å². The standard InChI is InChI=1S/C18H19ClN2O2/c1-12-3-8-16(13(2)11-12)21-17(22)9-10-20-18(23)14-4-6-15(19)7-5-14/h3-8,11H,9-10H2,1-2H3,(H,20,23)(H,21,22). The number of aryl methyl sites for hydroxylation is 2. The Labute approximate surface area is 140 Å². The molecule has 4 nitrogen and oxygen atoms in total. The lowest BCUT2D eigenvalue weighted by Crippen LogP contribution is -2.27. The van der Waals surface area contributed by atoms with E-state index in [4.69, 9.17) is 11.6 Å². The lowest BCUT2D eigenvalue weighted by molar-refractivity contribution is -0.116. The van der Waals surface area contributed by atoms with Gasteiger partial charge < -0.3 is 10.6 Å². The van der Waals surface area contributed by atoms with Gasteiger partial charge in [0.1, 0.15) is 0 Å². The van der Waals surface area contributed by atoms with E-state index in [9.17, 15) is 9.59 Å². The van der Waals surface area contributed by atoms with Gasteiger partial charge in [-0.3, -0.25) is 9.59 Å². The predicted octanol–water partition coefficient (Wildman–Crippen LogP) is 3.72. The Kier molecular flexibility index (Phi) is 5.77. The average Bonchev–Trinajstić information content (AvgIpc) is 2.50. The number of anilines is 1. The first-order valence-corrected chi connectivity index (χ1v) is 7.74. The molecule has 5 heteroatoms. The third-order valence-corrected chi connectivity index (χ3v) is 3.65. The highest BCUT2D eigenvalue weighted by Crippen LogP contribution is 2.16. The molecule has 2 aromatic rings. The van der Waals surface area contributed by atoms with Crippen LogP contribution in [0.5, 0.6) is 0 Å². The molecule has 0 heterocycles. The van der Waals surface area contributed by atoms with E-state index >= 15 is 0 Å². The molecule has 0 spiro atoms. The van der Waals surface area contributed by atoms with Crippen molar-refractivity contribution in [3.05, 3.63) is 64.2 Å². The SMILES string of the molecule is Cc1ccc(NC(=O)CCNC(=O)c2ccc(Cl)cc2)c(C)c1. The van der Waals surface area contributed by atoms with Crippen molar-refractivity contribution < 1.29 is 9.59 Å². The van der Waals surface area contributed by atoms with Gasteiger partial charge in [-0.1, -0.05) is 29.3 Å². The van der Waals surface area contributed by atoms with Crippen LogP contribution in [0.1, 0.15) is 27.9 Å². The summed E-state index contributed by atoms with van der Waals surface area (Å²) in [7, 11) is 0. The summed E-state index contributed by atoms with van der Waals surface area (Å²) in [5, 5.41) is 6.14. The molecule has 23 heavy (non-hydrogen) atoms. The van der Waals surface area contributed by atoms with E-state index in [-0.39, 0.29) is 24.8 Å². The van der Waals surface area contributed by atoms with E-state index in [1.165, 1.54) is 0 Å². The number of hydrogen-bond acceptors (Lipinski definition) is 2. The molecule has 2 rings (SSSR count). The molecule has 0 atom stereocenters. The van der Waals surface area contributed by atoms with Crippen LogP contribution in [0, 0.1) is 13.8 Å². The Morgan fingerprint density at radius 3 is 2.39 bits per heavy atom. The van der Waals surface area contributed by atoms with Gasteiger partial charge in [-0.15, -0.1) is 0 Å². The monoisotopic (exact) mass is 330 g/mol. The maximum absolute atomic E-state index is 11.9. The number of halogens is 1. The van der Waals surface area contributed by atoms with Crippen molar-refractivity contribution in [1.82, 2.24) is 5.32 Å². The van der Waals surface area contributed by atoms with Gasteiger partial charge >= 0.3 is 0 Å². The first kappa shape index (κ1) is 17.0. The highest BCUT2D eigenvalue weighted by Gasteiger charge is 2.08. The van der Waals surface area contributed by atoms with E-state index in [0.717, 1.165) is 16.8 Å². The van der Waals surface area contributed by atoms with Crippen LogP contribution in [-0.4, -0.2) is 18.4 Å². The fraction of sp³-hybridized carbons (Fsp3) is 0.222. The summed E-state index contributed by atoms with van der Waals surface area (Å²) in [5.41, 5.74) is 3.48. The quantitative estimate of drug-likeness (QED) is 0.878. The molecule has 0 bridgehead atoms. The summed E-state index contributed by atoms with van der Waals surface area (Å²) < 4.78 is 0. The summed E-state index contributed by atoms with van der Waals surface area (Å²) in [6.07, 6.45) is 0.215. The van der Waals surface area contributed by atoms with E-state index in [0.29, 0.717) is 10.6 Å². The normalized spacial score (nSPS) is 10.2. The lowest BCUT2D eigenvalue weighted by Gasteiger charge is -2.10. The summed E-state index contributed by atoms with van der Waals surface area (Å²) >= 11 is 5.78. The van der Waals surface area contributed by atoms with E-state index in [1.54, 1.807) is 24.3 Å². The molecular formula is C18H19ClN2O2. The molecule has 0 aliphatic heterocycles. The van der Waals surface area contributed by atoms with Gasteiger partial charge in [0.25, 0.3) is 5.91 Å². The third kappa shape index (κ3) is 5.11. The van der Waals surface area contributed by atoms with Gasteiger partial charge in [-0.2, -0.15) is 0 Å². The van der Waals surface area contributed by atoms with Crippen molar-refractivity contribution in [1.29, 1.82) is 0 Å². The summed E-state index contributed by atoms with van der Waals surface area (Å²) in [4.78, 5) is 23.8. The fourth-order valence-electron chi connectivity index (χ4n) is 2.16. The zero-order valence-electron chi connectivity index (χ0n) is 13.2. The van der Waals surface area contributed by atoms with E-state index in [1.807, 2.05) is 32.0 Å². The zero-order chi connectivity index (χ0) is 16.8. The van der Waals surface area contributed by atoms with Crippen LogP contribution in [0.2, 0.25) is 5.02 Å². The van der Waals surface area contributed by atoms with Crippen LogP contribution in [0.25, 0.3) is 0 Å². The lowest BCUT2D eigenvalue weighted by atomic mass is 10.1. The molecule has 2 N–H and O–H groups in total. The predicted molar refractivity (Wildman–Crippen MR) is 92.9 cm³/mol. The molecule has 0 fully saturated rings. The molecule has 0 aliphatic rings. The number of nitrogens with one attached hydrogen (secondary N) is 2. The molecule has 0 aliphatic carbocycles. The second-order valence-corrected chi connectivity index (χ2v) is 5.82. The Hall–Kier alpha value is -2.33. The first-order valence-electron chi connectivity index (χ1n) is 7.36. The molecule has 2 amide bonds. The van der Waals surface area contributed by atoms with Crippen LogP contribution in [0.15, 0.2) is 42.5 Å². The van der Waals surface area contributed by atoms with E-state index in [2.05, 4.69) is 10.6 Å². The van der Waals surface area contributed by atoms with Gasteiger partial charge in [-0.05, 0) is 49.7 Å². The second-order valence-electron chi connectivity index (χ2n) is 5.38. The summed E-state index contributed by atoms with van der Waals surface area (Å²) in [6, 6.07) is 12.4. The topological polar surface area (TPSA) is 58.2 Å². The number of rotatable bonds is 5.